The molecule has 5 nitrogen and oxygen atoms in total. The van der Waals surface area contributed by atoms with Crippen molar-refractivity contribution in [3.05, 3.63) is 59.9 Å². The number of pyridine rings is 1. The molecule has 0 radical (unpaired) electrons. The molecule has 0 aliphatic rings. The molecule has 0 amide bonds. The lowest BCUT2D eigenvalue weighted by Gasteiger charge is -2.16. The van der Waals surface area contributed by atoms with E-state index in [4.69, 9.17) is 5.84 Å². The van der Waals surface area contributed by atoms with Crippen LogP contribution in [0.2, 0.25) is 0 Å². The lowest BCUT2D eigenvalue weighted by Crippen LogP contribution is -2.28. The second-order valence-corrected chi connectivity index (χ2v) is 6.24. The van der Waals surface area contributed by atoms with E-state index in [1.54, 1.807) is 36.7 Å². The van der Waals surface area contributed by atoms with E-state index in [0.717, 1.165) is 11.1 Å². The van der Waals surface area contributed by atoms with E-state index < -0.39 is 9.84 Å². The van der Waals surface area contributed by atoms with Crippen LogP contribution in [0.3, 0.4) is 0 Å². The molecular formula is C13H15N3O2S. The maximum atomic E-state index is 11.4. The van der Waals surface area contributed by atoms with Gasteiger partial charge < -0.3 is 0 Å². The second kappa shape index (κ2) is 5.48. The van der Waals surface area contributed by atoms with Crippen molar-refractivity contribution >= 4 is 9.84 Å². The number of hydrazine groups is 1. The van der Waals surface area contributed by atoms with E-state index >= 15 is 0 Å². The molecule has 0 saturated heterocycles. The Morgan fingerprint density at radius 2 is 1.84 bits per heavy atom. The van der Waals surface area contributed by atoms with Gasteiger partial charge in [-0.1, -0.05) is 18.2 Å². The first-order valence-corrected chi connectivity index (χ1v) is 7.57. The highest BCUT2D eigenvalue weighted by molar-refractivity contribution is 7.90. The van der Waals surface area contributed by atoms with Crippen LogP contribution in [0.5, 0.6) is 0 Å². The number of nitrogens with one attached hydrogen (secondary N) is 1. The number of aromatic nitrogens is 1. The fourth-order valence-corrected chi connectivity index (χ4v) is 2.47. The van der Waals surface area contributed by atoms with E-state index in [0.29, 0.717) is 4.90 Å². The van der Waals surface area contributed by atoms with Crippen LogP contribution in [0.4, 0.5) is 0 Å². The van der Waals surface area contributed by atoms with Crippen LogP contribution in [0.15, 0.2) is 53.7 Å². The Morgan fingerprint density at radius 1 is 1.16 bits per heavy atom. The highest BCUT2D eigenvalue weighted by Crippen LogP contribution is 2.21. The van der Waals surface area contributed by atoms with Crippen molar-refractivity contribution in [2.75, 3.05) is 6.26 Å². The summed E-state index contributed by atoms with van der Waals surface area (Å²) in [5.74, 6) is 5.56. The van der Waals surface area contributed by atoms with Crippen LogP contribution < -0.4 is 11.3 Å². The first-order valence-electron chi connectivity index (χ1n) is 5.68. The molecule has 0 aliphatic carbocycles. The van der Waals surface area contributed by atoms with Gasteiger partial charge in [-0.3, -0.25) is 10.8 Å². The van der Waals surface area contributed by atoms with E-state index in [9.17, 15) is 8.42 Å². The molecule has 1 atom stereocenters. The predicted molar refractivity (Wildman–Crippen MR) is 73.0 cm³/mol. The van der Waals surface area contributed by atoms with Crippen molar-refractivity contribution in [1.82, 2.24) is 10.4 Å². The minimum Gasteiger partial charge on any atom is -0.271 e. The summed E-state index contributed by atoms with van der Waals surface area (Å²) < 4.78 is 22.8. The number of nitrogens with zero attached hydrogens (tertiary/aromatic N) is 1. The smallest absolute Gasteiger partial charge is 0.175 e. The summed E-state index contributed by atoms with van der Waals surface area (Å²) in [5, 5.41) is 0. The Morgan fingerprint density at radius 3 is 2.32 bits per heavy atom. The number of benzene rings is 1. The Kier molecular flexibility index (Phi) is 3.94. The first-order chi connectivity index (χ1) is 9.02. The van der Waals surface area contributed by atoms with Gasteiger partial charge in [0.2, 0.25) is 0 Å². The number of hydrogen-bond donors (Lipinski definition) is 2. The normalized spacial score (nSPS) is 13.2. The van der Waals surface area contributed by atoms with E-state index in [-0.39, 0.29) is 6.04 Å². The molecule has 2 aromatic rings. The van der Waals surface area contributed by atoms with E-state index in [1.807, 2.05) is 12.1 Å². The zero-order valence-electron chi connectivity index (χ0n) is 10.4. The largest absolute Gasteiger partial charge is 0.271 e. The van der Waals surface area contributed by atoms with Gasteiger partial charge in [0.15, 0.2) is 9.84 Å². The molecule has 19 heavy (non-hydrogen) atoms. The minimum atomic E-state index is -3.18. The molecule has 0 bridgehead atoms. The summed E-state index contributed by atoms with van der Waals surface area (Å²) in [6, 6.07) is 10.1. The molecule has 0 saturated carbocycles. The minimum absolute atomic E-state index is 0.220. The van der Waals surface area contributed by atoms with Gasteiger partial charge >= 0.3 is 0 Å². The summed E-state index contributed by atoms with van der Waals surface area (Å²) in [4.78, 5) is 4.33. The summed E-state index contributed by atoms with van der Waals surface area (Å²) in [6.45, 7) is 0. The molecule has 2 rings (SSSR count). The molecule has 1 unspecified atom stereocenters. The van der Waals surface area contributed by atoms with E-state index in [2.05, 4.69) is 10.4 Å². The average Bonchev–Trinajstić information content (AvgIpc) is 2.40. The summed E-state index contributed by atoms with van der Waals surface area (Å²) in [7, 11) is -3.18. The monoisotopic (exact) mass is 277 g/mol. The van der Waals surface area contributed by atoms with Gasteiger partial charge in [-0.05, 0) is 29.3 Å². The van der Waals surface area contributed by atoms with Crippen molar-refractivity contribution in [2.45, 2.75) is 10.9 Å². The SMILES string of the molecule is CS(=O)(=O)c1ccc(C(NN)c2cccnc2)cc1. The maximum Gasteiger partial charge on any atom is 0.175 e. The lowest BCUT2D eigenvalue weighted by molar-refractivity contribution is 0.601. The molecule has 100 valence electrons. The van der Waals surface area contributed by atoms with Gasteiger partial charge in [0.1, 0.15) is 0 Å². The average molecular weight is 277 g/mol. The van der Waals surface area contributed by atoms with Crippen LogP contribution in [-0.4, -0.2) is 19.7 Å². The number of sulfone groups is 1. The molecule has 1 aromatic carbocycles. The van der Waals surface area contributed by atoms with Crippen LogP contribution in [-0.2, 0) is 9.84 Å². The molecule has 1 aromatic heterocycles. The van der Waals surface area contributed by atoms with Crippen molar-refractivity contribution in [2.24, 2.45) is 5.84 Å². The Bertz CT molecular complexity index is 639. The fraction of sp³-hybridized carbons (Fsp3) is 0.154. The Hall–Kier alpha value is -1.76. The lowest BCUT2D eigenvalue weighted by atomic mass is 10.0. The highest BCUT2D eigenvalue weighted by Gasteiger charge is 2.13. The van der Waals surface area contributed by atoms with Gasteiger partial charge in [-0.25, -0.2) is 13.8 Å². The number of hydrogen-bond acceptors (Lipinski definition) is 5. The maximum absolute atomic E-state index is 11.4. The number of nitrogens with two attached hydrogens (primary N) is 1. The van der Waals surface area contributed by atoms with Crippen LogP contribution in [0, 0.1) is 0 Å². The fourth-order valence-electron chi connectivity index (χ4n) is 1.84. The predicted octanol–water partition coefficient (Wildman–Crippen LogP) is 1.04. The summed E-state index contributed by atoms with van der Waals surface area (Å²) in [6.07, 6.45) is 4.58. The zero-order valence-corrected chi connectivity index (χ0v) is 11.3. The first kappa shape index (κ1) is 13.7. The molecule has 3 N–H and O–H groups in total. The van der Waals surface area contributed by atoms with Gasteiger partial charge in [0.25, 0.3) is 0 Å². The molecular weight excluding hydrogens is 262 g/mol. The highest BCUT2D eigenvalue weighted by atomic mass is 32.2. The van der Waals surface area contributed by atoms with Gasteiger partial charge in [0, 0.05) is 18.6 Å². The standard InChI is InChI=1S/C13H15N3O2S/c1-19(17,18)12-6-4-10(5-7-12)13(16-14)11-3-2-8-15-9-11/h2-9,13,16H,14H2,1H3. The Balaban J connectivity index is 2.35. The summed E-state index contributed by atoms with van der Waals surface area (Å²) >= 11 is 0. The van der Waals surface area contributed by atoms with Crippen molar-refractivity contribution in [1.29, 1.82) is 0 Å². The van der Waals surface area contributed by atoms with Gasteiger partial charge in [-0.15, -0.1) is 0 Å². The molecule has 0 aliphatic heterocycles. The Labute approximate surface area is 112 Å². The third kappa shape index (κ3) is 3.17. The second-order valence-electron chi connectivity index (χ2n) is 4.23. The molecule has 1 heterocycles. The van der Waals surface area contributed by atoms with Crippen LogP contribution in [0.1, 0.15) is 17.2 Å². The quantitative estimate of drug-likeness (QED) is 0.644. The van der Waals surface area contributed by atoms with Crippen LogP contribution >= 0.6 is 0 Å². The molecule has 6 heteroatoms. The third-order valence-corrected chi connectivity index (χ3v) is 3.95. The van der Waals surface area contributed by atoms with Crippen molar-refractivity contribution < 1.29 is 8.42 Å². The van der Waals surface area contributed by atoms with Crippen molar-refractivity contribution in [3.8, 4) is 0 Å². The summed E-state index contributed by atoms with van der Waals surface area (Å²) in [5.41, 5.74) is 4.50. The van der Waals surface area contributed by atoms with Gasteiger partial charge in [0.05, 0.1) is 10.9 Å². The van der Waals surface area contributed by atoms with Crippen LogP contribution in [0.25, 0.3) is 0 Å². The van der Waals surface area contributed by atoms with Gasteiger partial charge in [-0.2, -0.15) is 0 Å². The van der Waals surface area contributed by atoms with Crippen molar-refractivity contribution in [3.63, 3.8) is 0 Å². The third-order valence-electron chi connectivity index (χ3n) is 2.83. The van der Waals surface area contributed by atoms with E-state index in [1.165, 1.54) is 6.26 Å². The molecule has 0 fully saturated rings. The molecule has 0 spiro atoms. The topological polar surface area (TPSA) is 85.1 Å². The zero-order chi connectivity index (χ0) is 13.9. The number of rotatable bonds is 4.